The Morgan fingerprint density at radius 3 is 2.33 bits per heavy atom. The van der Waals surface area contributed by atoms with Gasteiger partial charge in [0, 0.05) is 30.6 Å². The highest BCUT2D eigenvalue weighted by atomic mass is 32.2. The average molecular weight is 636 g/mol. The maximum Gasteiger partial charge on any atom is 0.310 e. The number of hydrogen-bond donors (Lipinski definition) is 3. The van der Waals surface area contributed by atoms with Crippen LogP contribution in [0.15, 0.2) is 0 Å². The van der Waals surface area contributed by atoms with Crippen LogP contribution in [0.3, 0.4) is 0 Å². The predicted octanol–water partition coefficient (Wildman–Crippen LogP) is 3.19. The lowest BCUT2D eigenvalue weighted by molar-refractivity contribution is -0.528. The van der Waals surface area contributed by atoms with Crippen molar-refractivity contribution in [3.05, 3.63) is 10.1 Å². The van der Waals surface area contributed by atoms with Crippen molar-refractivity contribution >= 4 is 23.0 Å². The molecule has 14 nitrogen and oxygen atoms in total. The first-order valence-corrected chi connectivity index (χ1v) is 16.7. The van der Waals surface area contributed by atoms with Crippen molar-refractivity contribution in [1.29, 1.82) is 0 Å². The standard InChI is InChI=1S/C28H45NO13S/c30-20-9-7-17(18(11-20)15-38-36)16-39-41-22-4-1-5-23(13-22)42-43(37)24-6-2-3-21(14-24)40-28(33)26-12-19(29(34)35)8-10-25(26)27(31)32/h17-26,30,36H,1-16H2,(H,31,32). The molecule has 0 aromatic heterocycles. The monoisotopic (exact) mass is 635 g/mol. The molecule has 4 rings (SSSR count). The van der Waals surface area contributed by atoms with Crippen LogP contribution >= 0.6 is 0 Å². The number of carboxylic acids is 1. The average Bonchev–Trinajstić information content (AvgIpc) is 2.98. The largest absolute Gasteiger partial charge is 0.481 e. The van der Waals surface area contributed by atoms with Crippen molar-refractivity contribution < 1.29 is 57.8 Å². The van der Waals surface area contributed by atoms with E-state index in [0.717, 1.165) is 25.7 Å². The van der Waals surface area contributed by atoms with E-state index in [1.165, 1.54) is 0 Å². The molecule has 3 N–H and O–H groups in total. The molecule has 0 heterocycles. The molecule has 0 radical (unpaired) electrons. The Morgan fingerprint density at radius 1 is 0.837 bits per heavy atom. The van der Waals surface area contributed by atoms with Crippen LogP contribution in [0.25, 0.3) is 0 Å². The van der Waals surface area contributed by atoms with Crippen molar-refractivity contribution in [1.82, 2.24) is 0 Å². The van der Waals surface area contributed by atoms with Crippen molar-refractivity contribution in [2.24, 2.45) is 23.7 Å². The zero-order valence-corrected chi connectivity index (χ0v) is 25.2. The van der Waals surface area contributed by atoms with Crippen LogP contribution in [0.2, 0.25) is 0 Å². The molecule has 11 unspecified atom stereocenters. The highest BCUT2D eigenvalue weighted by Gasteiger charge is 2.45. The molecule has 0 aromatic rings. The van der Waals surface area contributed by atoms with Crippen LogP contribution in [0, 0.1) is 33.8 Å². The molecule has 4 aliphatic carbocycles. The summed E-state index contributed by atoms with van der Waals surface area (Å²) in [6.45, 7) is 0.445. The molecule has 4 saturated carbocycles. The van der Waals surface area contributed by atoms with Gasteiger partial charge in [-0.05, 0) is 76.0 Å². The van der Waals surface area contributed by atoms with Crippen molar-refractivity contribution in [3.8, 4) is 0 Å². The van der Waals surface area contributed by atoms with Gasteiger partial charge in [0.1, 0.15) is 6.10 Å². The van der Waals surface area contributed by atoms with Crippen LogP contribution in [-0.4, -0.2) is 85.5 Å². The second kappa shape index (κ2) is 16.5. The number of rotatable bonds is 13. The first kappa shape index (κ1) is 34.1. The molecule has 0 amide bonds. The number of ether oxygens (including phenoxy) is 1. The van der Waals surface area contributed by atoms with E-state index in [-0.39, 0.29) is 55.2 Å². The molecular formula is C28H45NO13S. The summed E-state index contributed by atoms with van der Waals surface area (Å²) >= 11 is -1.64. The molecule has 15 heteroatoms. The first-order chi connectivity index (χ1) is 20.6. The van der Waals surface area contributed by atoms with Crippen LogP contribution in [-0.2, 0) is 44.3 Å². The molecule has 0 bridgehead atoms. The number of hydrogen-bond acceptors (Lipinski definition) is 12. The number of carboxylic acid groups (broad SMARTS) is 1. The van der Waals surface area contributed by atoms with E-state index in [4.69, 9.17) is 24.0 Å². The van der Waals surface area contributed by atoms with Gasteiger partial charge in [0.2, 0.25) is 6.04 Å². The highest BCUT2D eigenvalue weighted by Crippen LogP contribution is 2.36. The summed E-state index contributed by atoms with van der Waals surface area (Å²) in [5, 5.41) is 39.2. The van der Waals surface area contributed by atoms with E-state index in [0.29, 0.717) is 51.6 Å². The van der Waals surface area contributed by atoms with Gasteiger partial charge in [0.25, 0.3) is 0 Å². The molecular weight excluding hydrogens is 590 g/mol. The summed E-state index contributed by atoms with van der Waals surface area (Å²) in [5.41, 5.74) is 0. The molecule has 11 atom stereocenters. The Morgan fingerprint density at radius 2 is 1.58 bits per heavy atom. The first-order valence-electron chi connectivity index (χ1n) is 15.5. The van der Waals surface area contributed by atoms with Gasteiger partial charge < -0.3 is 14.9 Å². The Bertz CT molecular complexity index is 969. The Labute approximate surface area is 253 Å². The number of nitro groups is 1. The Hall–Kier alpha value is -1.75. The lowest BCUT2D eigenvalue weighted by atomic mass is 9.77. The van der Waals surface area contributed by atoms with E-state index < -0.39 is 58.0 Å². The maximum absolute atomic E-state index is 13.2. The number of aliphatic hydroxyl groups excluding tert-OH is 1. The summed E-state index contributed by atoms with van der Waals surface area (Å²) in [7, 11) is 0. The lowest BCUT2D eigenvalue weighted by Crippen LogP contribution is -2.42. The quantitative estimate of drug-likeness (QED) is 0.115. The summed E-state index contributed by atoms with van der Waals surface area (Å²) < 4.78 is 24.8. The third kappa shape index (κ3) is 9.87. The SMILES string of the molecule is O=C(O)C1CCC([N+](=O)[O-])CC1C(=O)OC1CCCC(S(=O)OC2CCCC(OOCC3CCC(O)CC3COO)C2)C1. The second-order valence-electron chi connectivity index (χ2n) is 12.6. The van der Waals surface area contributed by atoms with Crippen molar-refractivity contribution in [2.45, 2.75) is 126 Å². The van der Waals surface area contributed by atoms with E-state index >= 15 is 0 Å². The van der Waals surface area contributed by atoms with Gasteiger partial charge in [-0.15, -0.1) is 0 Å². The van der Waals surface area contributed by atoms with E-state index in [1.54, 1.807) is 0 Å². The van der Waals surface area contributed by atoms with Gasteiger partial charge in [-0.25, -0.2) is 18.9 Å². The van der Waals surface area contributed by atoms with Crippen LogP contribution in [0.5, 0.6) is 0 Å². The zero-order chi connectivity index (χ0) is 30.9. The highest BCUT2D eigenvalue weighted by molar-refractivity contribution is 7.80. The van der Waals surface area contributed by atoms with Crippen molar-refractivity contribution in [2.75, 3.05) is 13.2 Å². The van der Waals surface area contributed by atoms with Gasteiger partial charge in [0.15, 0.2) is 11.1 Å². The second-order valence-corrected chi connectivity index (χ2v) is 14.0. The normalized spacial score (nSPS) is 37.7. The van der Waals surface area contributed by atoms with Crippen LogP contribution in [0.4, 0.5) is 0 Å². The number of nitrogens with zero attached hydrogens (tertiary/aromatic N) is 1. The maximum atomic E-state index is 13.2. The summed E-state index contributed by atoms with van der Waals surface area (Å²) in [6, 6.07) is -0.971. The molecule has 4 fully saturated rings. The molecule has 0 aromatic carbocycles. The number of aliphatic carboxylic acids is 1. The van der Waals surface area contributed by atoms with Crippen molar-refractivity contribution in [3.63, 3.8) is 0 Å². The van der Waals surface area contributed by atoms with Gasteiger partial charge in [0.05, 0.1) is 48.6 Å². The topological polar surface area (TPSA) is 201 Å². The Balaban J connectivity index is 1.21. The predicted molar refractivity (Wildman–Crippen MR) is 149 cm³/mol. The third-order valence-corrected chi connectivity index (χ3v) is 11.0. The van der Waals surface area contributed by atoms with Gasteiger partial charge in [-0.1, -0.05) is 0 Å². The van der Waals surface area contributed by atoms with Gasteiger partial charge in [-0.2, -0.15) is 0 Å². The summed E-state index contributed by atoms with van der Waals surface area (Å²) in [6.07, 6.45) is 5.44. The van der Waals surface area contributed by atoms with E-state index in [1.807, 2.05) is 0 Å². The fourth-order valence-corrected chi connectivity index (χ4v) is 8.40. The number of aliphatic hydroxyl groups is 1. The fraction of sp³-hybridized carbons (Fsp3) is 0.929. The summed E-state index contributed by atoms with van der Waals surface area (Å²) in [5.74, 6) is -3.92. The molecule has 0 spiro atoms. The lowest BCUT2D eigenvalue weighted by Gasteiger charge is -2.34. The Kier molecular flexibility index (Phi) is 13.1. The molecule has 0 aliphatic heterocycles. The molecule has 43 heavy (non-hydrogen) atoms. The molecule has 0 saturated heterocycles. The number of carbonyl (C=O) groups is 2. The van der Waals surface area contributed by atoms with Gasteiger partial charge in [-0.3, -0.25) is 29.1 Å². The minimum atomic E-state index is -1.64. The molecule has 4 aliphatic rings. The number of carbonyl (C=O) groups excluding carboxylic acids is 1. The minimum Gasteiger partial charge on any atom is -0.481 e. The van der Waals surface area contributed by atoms with Crippen LogP contribution < -0.4 is 0 Å². The van der Waals surface area contributed by atoms with E-state index in [9.17, 15) is 34.1 Å². The third-order valence-electron chi connectivity index (χ3n) is 9.57. The van der Waals surface area contributed by atoms with Crippen LogP contribution in [0.1, 0.15) is 89.9 Å². The zero-order valence-electron chi connectivity index (χ0n) is 24.4. The summed E-state index contributed by atoms with van der Waals surface area (Å²) in [4.78, 5) is 51.0. The smallest absolute Gasteiger partial charge is 0.310 e. The minimum absolute atomic E-state index is 0.0278. The fourth-order valence-electron chi connectivity index (χ4n) is 7.07. The number of esters is 1. The molecule has 246 valence electrons. The van der Waals surface area contributed by atoms with E-state index in [2.05, 4.69) is 4.89 Å². The van der Waals surface area contributed by atoms with Gasteiger partial charge >= 0.3 is 11.9 Å².